The summed E-state index contributed by atoms with van der Waals surface area (Å²) in [6, 6.07) is 6.18. The summed E-state index contributed by atoms with van der Waals surface area (Å²) in [5.74, 6) is 0.475. The lowest BCUT2D eigenvalue weighted by atomic mass is 10.0. The van der Waals surface area contributed by atoms with Crippen molar-refractivity contribution < 1.29 is 0 Å². The first kappa shape index (κ1) is 10.7. The molecule has 2 nitrogen and oxygen atoms in total. The van der Waals surface area contributed by atoms with E-state index in [4.69, 9.17) is 5.73 Å². The number of nitrogens with one attached hydrogen (secondary N) is 1. The Bertz CT molecular complexity index is 486. The third-order valence-electron chi connectivity index (χ3n) is 2.69. The van der Waals surface area contributed by atoms with Gasteiger partial charge in [0.1, 0.15) is 0 Å². The summed E-state index contributed by atoms with van der Waals surface area (Å²) in [5.41, 5.74) is 9.47. The maximum absolute atomic E-state index is 5.83. The van der Waals surface area contributed by atoms with Gasteiger partial charge >= 0.3 is 0 Å². The molecular formula is C12H15BrN2. The summed E-state index contributed by atoms with van der Waals surface area (Å²) >= 11 is 3.58. The molecule has 0 atom stereocenters. The minimum absolute atomic E-state index is 0.475. The predicted molar refractivity (Wildman–Crippen MR) is 68.0 cm³/mol. The van der Waals surface area contributed by atoms with Crippen molar-refractivity contribution in [1.82, 2.24) is 4.98 Å². The molecule has 15 heavy (non-hydrogen) atoms. The van der Waals surface area contributed by atoms with Crippen LogP contribution in [0, 0.1) is 0 Å². The van der Waals surface area contributed by atoms with Crippen LogP contribution in [0.25, 0.3) is 10.9 Å². The number of hydrogen-bond donors (Lipinski definition) is 2. The monoisotopic (exact) mass is 266 g/mol. The molecule has 0 radical (unpaired) electrons. The number of aromatic nitrogens is 1. The first-order valence-corrected chi connectivity index (χ1v) is 5.93. The number of nitrogens with two attached hydrogens (primary N) is 1. The van der Waals surface area contributed by atoms with Crippen LogP contribution in [0.3, 0.4) is 0 Å². The molecule has 2 rings (SSSR count). The van der Waals surface area contributed by atoms with Crippen LogP contribution in [0.15, 0.2) is 22.7 Å². The van der Waals surface area contributed by atoms with Crippen molar-refractivity contribution in [2.24, 2.45) is 5.73 Å². The molecule has 1 heterocycles. The lowest BCUT2D eigenvalue weighted by Crippen LogP contribution is -2.01. The van der Waals surface area contributed by atoms with Crippen molar-refractivity contribution in [1.29, 1.82) is 0 Å². The zero-order chi connectivity index (χ0) is 11.0. The van der Waals surface area contributed by atoms with Gasteiger partial charge in [0.25, 0.3) is 0 Å². The van der Waals surface area contributed by atoms with Crippen LogP contribution in [0.4, 0.5) is 0 Å². The standard InChI is InChI=1S/C12H15BrN2/c1-7(2)12-8(6-14)11-9(13)4-3-5-10(11)15-12/h3-5,7,15H,6,14H2,1-2H3. The Morgan fingerprint density at radius 3 is 2.73 bits per heavy atom. The molecule has 3 N–H and O–H groups in total. The third-order valence-corrected chi connectivity index (χ3v) is 3.35. The fourth-order valence-corrected chi connectivity index (χ4v) is 2.60. The van der Waals surface area contributed by atoms with Gasteiger partial charge in [-0.3, -0.25) is 0 Å². The second-order valence-electron chi connectivity index (χ2n) is 4.04. The van der Waals surface area contributed by atoms with E-state index in [0.717, 1.165) is 9.99 Å². The minimum atomic E-state index is 0.475. The largest absolute Gasteiger partial charge is 0.358 e. The van der Waals surface area contributed by atoms with E-state index in [1.165, 1.54) is 16.6 Å². The van der Waals surface area contributed by atoms with E-state index in [-0.39, 0.29) is 0 Å². The highest BCUT2D eigenvalue weighted by Crippen LogP contribution is 2.32. The van der Waals surface area contributed by atoms with E-state index in [9.17, 15) is 0 Å². The maximum Gasteiger partial charge on any atom is 0.0470 e. The topological polar surface area (TPSA) is 41.8 Å². The van der Waals surface area contributed by atoms with Gasteiger partial charge in [-0.25, -0.2) is 0 Å². The van der Waals surface area contributed by atoms with E-state index >= 15 is 0 Å². The van der Waals surface area contributed by atoms with Gasteiger partial charge in [0.15, 0.2) is 0 Å². The Hall–Kier alpha value is -0.800. The Kier molecular flexibility index (Phi) is 2.85. The van der Waals surface area contributed by atoms with Gasteiger partial charge in [-0.1, -0.05) is 35.8 Å². The molecule has 1 aromatic heterocycles. The van der Waals surface area contributed by atoms with Gasteiger partial charge in [-0.15, -0.1) is 0 Å². The zero-order valence-electron chi connectivity index (χ0n) is 8.97. The quantitative estimate of drug-likeness (QED) is 0.858. The van der Waals surface area contributed by atoms with Crippen LogP contribution in [-0.2, 0) is 6.54 Å². The maximum atomic E-state index is 5.83. The van der Waals surface area contributed by atoms with Crippen LogP contribution >= 0.6 is 15.9 Å². The summed E-state index contributed by atoms with van der Waals surface area (Å²) < 4.78 is 1.11. The smallest absolute Gasteiger partial charge is 0.0470 e. The van der Waals surface area contributed by atoms with Gasteiger partial charge in [0, 0.05) is 27.6 Å². The molecule has 2 aromatic rings. The average Bonchev–Trinajstić information content (AvgIpc) is 2.57. The summed E-state index contributed by atoms with van der Waals surface area (Å²) in [4.78, 5) is 3.45. The lowest BCUT2D eigenvalue weighted by Gasteiger charge is -2.05. The molecule has 1 aromatic carbocycles. The third kappa shape index (κ3) is 1.70. The normalized spacial score (nSPS) is 11.5. The summed E-state index contributed by atoms with van der Waals surface area (Å²) in [6.45, 7) is 4.94. The molecule has 0 amide bonds. The number of aromatic amines is 1. The number of fused-ring (bicyclic) bond motifs is 1. The molecular weight excluding hydrogens is 252 g/mol. The minimum Gasteiger partial charge on any atom is -0.358 e. The van der Waals surface area contributed by atoms with Crippen LogP contribution in [-0.4, -0.2) is 4.98 Å². The lowest BCUT2D eigenvalue weighted by molar-refractivity contribution is 0.814. The van der Waals surface area contributed by atoms with Crippen molar-refractivity contribution in [2.75, 3.05) is 0 Å². The van der Waals surface area contributed by atoms with Crippen molar-refractivity contribution in [3.63, 3.8) is 0 Å². The number of benzene rings is 1. The van der Waals surface area contributed by atoms with Gasteiger partial charge < -0.3 is 10.7 Å². The van der Waals surface area contributed by atoms with Crippen LogP contribution in [0.5, 0.6) is 0 Å². The second-order valence-corrected chi connectivity index (χ2v) is 4.89. The first-order chi connectivity index (χ1) is 7.15. The van der Waals surface area contributed by atoms with Gasteiger partial charge in [-0.05, 0) is 23.6 Å². The molecule has 80 valence electrons. The van der Waals surface area contributed by atoms with E-state index in [0.29, 0.717) is 12.5 Å². The highest BCUT2D eigenvalue weighted by atomic mass is 79.9. The van der Waals surface area contributed by atoms with E-state index in [1.54, 1.807) is 0 Å². The van der Waals surface area contributed by atoms with Crippen LogP contribution < -0.4 is 5.73 Å². The molecule has 0 unspecified atom stereocenters. The van der Waals surface area contributed by atoms with Gasteiger partial charge in [0.05, 0.1) is 0 Å². The average molecular weight is 267 g/mol. The highest BCUT2D eigenvalue weighted by Gasteiger charge is 2.14. The first-order valence-electron chi connectivity index (χ1n) is 5.14. The SMILES string of the molecule is CC(C)c1[nH]c2cccc(Br)c2c1CN. The van der Waals surface area contributed by atoms with E-state index in [2.05, 4.69) is 46.9 Å². The summed E-state index contributed by atoms with van der Waals surface area (Å²) in [5, 5.41) is 1.23. The molecule has 0 aliphatic rings. The highest BCUT2D eigenvalue weighted by molar-refractivity contribution is 9.10. The molecule has 3 heteroatoms. The number of rotatable bonds is 2. The van der Waals surface area contributed by atoms with Crippen molar-refractivity contribution in [3.8, 4) is 0 Å². The molecule has 0 fully saturated rings. The van der Waals surface area contributed by atoms with E-state index in [1.807, 2.05) is 6.07 Å². The molecule has 0 spiro atoms. The summed E-state index contributed by atoms with van der Waals surface area (Å²) in [7, 11) is 0. The van der Waals surface area contributed by atoms with E-state index < -0.39 is 0 Å². The van der Waals surface area contributed by atoms with Crippen molar-refractivity contribution in [3.05, 3.63) is 33.9 Å². The van der Waals surface area contributed by atoms with Crippen molar-refractivity contribution >= 4 is 26.8 Å². The van der Waals surface area contributed by atoms with Crippen LogP contribution in [0.2, 0.25) is 0 Å². The fraction of sp³-hybridized carbons (Fsp3) is 0.333. The van der Waals surface area contributed by atoms with Crippen LogP contribution in [0.1, 0.15) is 31.0 Å². The molecule has 0 bridgehead atoms. The predicted octanol–water partition coefficient (Wildman–Crippen LogP) is 3.51. The second kappa shape index (κ2) is 3.99. The Morgan fingerprint density at radius 2 is 2.13 bits per heavy atom. The van der Waals surface area contributed by atoms with Crippen molar-refractivity contribution in [2.45, 2.75) is 26.3 Å². The van der Waals surface area contributed by atoms with Gasteiger partial charge in [0.2, 0.25) is 0 Å². The Labute approximate surface area is 98.0 Å². The number of halogens is 1. The molecule has 0 saturated heterocycles. The molecule has 0 aliphatic carbocycles. The number of H-pyrrole nitrogens is 1. The Balaban J connectivity index is 2.80. The molecule has 0 saturated carbocycles. The fourth-order valence-electron chi connectivity index (χ4n) is 2.00. The van der Waals surface area contributed by atoms with Gasteiger partial charge in [-0.2, -0.15) is 0 Å². The summed E-state index contributed by atoms with van der Waals surface area (Å²) in [6.07, 6.45) is 0. The zero-order valence-corrected chi connectivity index (χ0v) is 10.6. The Morgan fingerprint density at radius 1 is 1.40 bits per heavy atom. The number of hydrogen-bond acceptors (Lipinski definition) is 1. The molecule has 0 aliphatic heterocycles.